The number of halogens is 1. The lowest BCUT2D eigenvalue weighted by Gasteiger charge is -2.29. The molecule has 1 saturated carbocycles. The molecule has 0 radical (unpaired) electrons. The van der Waals surface area contributed by atoms with Crippen molar-refractivity contribution in [1.29, 1.82) is 0 Å². The molecule has 110 valence electrons. The van der Waals surface area contributed by atoms with E-state index in [0.29, 0.717) is 11.4 Å². The number of nitrogens with zero attached hydrogens (tertiary/aromatic N) is 1. The largest absolute Gasteiger partial charge is 0.349 e. The molecule has 1 aliphatic carbocycles. The van der Waals surface area contributed by atoms with Gasteiger partial charge in [-0.1, -0.05) is 37.8 Å². The van der Waals surface area contributed by atoms with Gasteiger partial charge in [-0.05, 0) is 30.9 Å². The van der Waals surface area contributed by atoms with E-state index in [4.69, 9.17) is 17.4 Å². The molecule has 1 aromatic rings. The molecule has 4 N–H and O–H groups in total. The zero-order valence-electron chi connectivity index (χ0n) is 11.7. The molecular formula is C14H21ClN4O. The molecular weight excluding hydrogens is 276 g/mol. The normalized spacial score (nSPS) is 22.4. The third-order valence-corrected chi connectivity index (χ3v) is 4.09. The number of hydrogen-bond donors (Lipinski definition) is 3. The maximum Gasteiger partial charge on any atom is 0.251 e. The molecule has 2 atom stereocenters. The maximum atomic E-state index is 12.3. The molecule has 20 heavy (non-hydrogen) atoms. The Morgan fingerprint density at radius 1 is 1.50 bits per heavy atom. The number of anilines is 1. The minimum Gasteiger partial charge on any atom is -0.349 e. The van der Waals surface area contributed by atoms with Gasteiger partial charge in [-0.25, -0.2) is 10.8 Å². The minimum atomic E-state index is -0.118. The Balaban J connectivity index is 2.02. The van der Waals surface area contributed by atoms with Crippen LogP contribution in [0.5, 0.6) is 0 Å². The number of nitrogen functional groups attached to an aromatic ring is 1. The number of hydrogen-bond acceptors (Lipinski definition) is 4. The van der Waals surface area contributed by atoms with Crippen molar-refractivity contribution >= 4 is 23.3 Å². The van der Waals surface area contributed by atoms with Crippen molar-refractivity contribution in [3.63, 3.8) is 0 Å². The number of rotatable bonds is 4. The summed E-state index contributed by atoms with van der Waals surface area (Å²) in [5, 5.41) is 3.33. The van der Waals surface area contributed by atoms with Crippen molar-refractivity contribution in [2.24, 2.45) is 11.8 Å². The summed E-state index contributed by atoms with van der Waals surface area (Å²) < 4.78 is 0. The maximum absolute atomic E-state index is 12.3. The summed E-state index contributed by atoms with van der Waals surface area (Å²) in [5.41, 5.74) is 2.89. The molecule has 0 spiro atoms. The Morgan fingerprint density at radius 2 is 2.30 bits per heavy atom. The number of nitrogens with two attached hydrogens (primary N) is 1. The van der Waals surface area contributed by atoms with Crippen LogP contribution in [-0.4, -0.2) is 16.9 Å². The summed E-state index contributed by atoms with van der Waals surface area (Å²) in [6, 6.07) is 3.40. The standard InChI is InChI=1S/C14H21ClN4O/c1-2-9-4-3-5-11(6-9)17-14(20)10-7-12(15)18-13(8-10)19-16/h7-9,11H,2-6,16H2,1H3,(H,17,20)(H,18,19). The third kappa shape index (κ3) is 3.84. The first-order valence-corrected chi connectivity index (χ1v) is 7.45. The van der Waals surface area contributed by atoms with Gasteiger partial charge in [0.2, 0.25) is 0 Å². The van der Waals surface area contributed by atoms with Crippen LogP contribution in [0.3, 0.4) is 0 Å². The Labute approximate surface area is 124 Å². The van der Waals surface area contributed by atoms with Crippen LogP contribution in [0, 0.1) is 5.92 Å². The monoisotopic (exact) mass is 296 g/mol. The lowest BCUT2D eigenvalue weighted by molar-refractivity contribution is 0.0919. The second kappa shape index (κ2) is 6.90. The highest BCUT2D eigenvalue weighted by atomic mass is 35.5. The van der Waals surface area contributed by atoms with Crippen molar-refractivity contribution in [2.75, 3.05) is 5.43 Å². The van der Waals surface area contributed by atoms with Crippen LogP contribution in [0.4, 0.5) is 5.82 Å². The fraction of sp³-hybridized carbons (Fsp3) is 0.571. The first-order chi connectivity index (χ1) is 9.62. The van der Waals surface area contributed by atoms with E-state index >= 15 is 0 Å². The second-order valence-electron chi connectivity index (χ2n) is 5.32. The van der Waals surface area contributed by atoms with E-state index < -0.39 is 0 Å². The van der Waals surface area contributed by atoms with Crippen LogP contribution < -0.4 is 16.6 Å². The zero-order valence-corrected chi connectivity index (χ0v) is 12.4. The van der Waals surface area contributed by atoms with Gasteiger partial charge in [0.05, 0.1) is 0 Å². The number of hydrazine groups is 1. The number of carbonyl (C=O) groups excluding carboxylic acids is 1. The molecule has 1 amide bonds. The van der Waals surface area contributed by atoms with Gasteiger partial charge in [-0.15, -0.1) is 0 Å². The molecule has 1 heterocycles. The first kappa shape index (κ1) is 15.1. The Bertz CT molecular complexity index is 480. The zero-order chi connectivity index (χ0) is 14.5. The van der Waals surface area contributed by atoms with E-state index in [0.717, 1.165) is 18.8 Å². The van der Waals surface area contributed by atoms with E-state index in [2.05, 4.69) is 22.7 Å². The lowest BCUT2D eigenvalue weighted by atomic mass is 9.84. The molecule has 1 aliphatic rings. The number of pyridine rings is 1. The summed E-state index contributed by atoms with van der Waals surface area (Å²) in [6.07, 6.45) is 5.72. The smallest absolute Gasteiger partial charge is 0.251 e. The molecule has 0 bridgehead atoms. The predicted octanol–water partition coefficient (Wildman–Crippen LogP) is 2.72. The van der Waals surface area contributed by atoms with Crippen LogP contribution in [0.15, 0.2) is 12.1 Å². The van der Waals surface area contributed by atoms with E-state index in [1.165, 1.54) is 19.3 Å². The molecule has 2 rings (SSSR count). The van der Waals surface area contributed by atoms with Crippen LogP contribution in [-0.2, 0) is 0 Å². The van der Waals surface area contributed by atoms with Crippen LogP contribution in [0.25, 0.3) is 0 Å². The van der Waals surface area contributed by atoms with Crippen molar-refractivity contribution in [2.45, 2.75) is 45.1 Å². The van der Waals surface area contributed by atoms with Crippen molar-refractivity contribution in [1.82, 2.24) is 10.3 Å². The van der Waals surface area contributed by atoms with Gasteiger partial charge in [0.15, 0.2) is 0 Å². The third-order valence-electron chi connectivity index (χ3n) is 3.90. The molecule has 0 aromatic carbocycles. The second-order valence-corrected chi connectivity index (χ2v) is 5.71. The molecule has 2 unspecified atom stereocenters. The average Bonchev–Trinajstić information content (AvgIpc) is 2.46. The quantitative estimate of drug-likeness (QED) is 0.453. The Kier molecular flexibility index (Phi) is 5.20. The number of nitrogens with one attached hydrogen (secondary N) is 2. The number of aromatic nitrogens is 1. The molecule has 0 saturated heterocycles. The number of carbonyl (C=O) groups is 1. The molecule has 6 heteroatoms. The van der Waals surface area contributed by atoms with E-state index in [1.54, 1.807) is 12.1 Å². The van der Waals surface area contributed by atoms with E-state index in [1.807, 2.05) is 0 Å². The molecule has 5 nitrogen and oxygen atoms in total. The average molecular weight is 297 g/mol. The SMILES string of the molecule is CCC1CCCC(NC(=O)c2cc(Cl)nc(NN)c2)C1. The number of amides is 1. The highest BCUT2D eigenvalue weighted by Crippen LogP contribution is 2.26. The van der Waals surface area contributed by atoms with Crippen LogP contribution >= 0.6 is 11.6 Å². The fourth-order valence-corrected chi connectivity index (χ4v) is 2.97. The van der Waals surface area contributed by atoms with Crippen LogP contribution in [0.1, 0.15) is 49.4 Å². The first-order valence-electron chi connectivity index (χ1n) is 7.07. The summed E-state index contributed by atoms with van der Waals surface area (Å²) >= 11 is 5.87. The predicted molar refractivity (Wildman–Crippen MR) is 80.6 cm³/mol. The van der Waals surface area contributed by atoms with Crippen molar-refractivity contribution in [3.8, 4) is 0 Å². The topological polar surface area (TPSA) is 80.0 Å². The van der Waals surface area contributed by atoms with E-state index in [9.17, 15) is 4.79 Å². The molecule has 1 aromatic heterocycles. The summed E-state index contributed by atoms with van der Waals surface area (Å²) in [6.45, 7) is 2.21. The van der Waals surface area contributed by atoms with Gasteiger partial charge in [0.25, 0.3) is 5.91 Å². The van der Waals surface area contributed by atoms with Crippen LogP contribution in [0.2, 0.25) is 5.15 Å². The molecule has 1 fully saturated rings. The Morgan fingerprint density at radius 3 is 3.00 bits per heavy atom. The van der Waals surface area contributed by atoms with Crippen molar-refractivity contribution in [3.05, 3.63) is 22.8 Å². The summed E-state index contributed by atoms with van der Waals surface area (Å²) in [5.74, 6) is 6.29. The van der Waals surface area contributed by atoms with Gasteiger partial charge in [0.1, 0.15) is 11.0 Å². The van der Waals surface area contributed by atoms with Gasteiger partial charge in [-0.3, -0.25) is 4.79 Å². The Hall–Kier alpha value is -1.33. The van der Waals surface area contributed by atoms with Crippen molar-refractivity contribution < 1.29 is 4.79 Å². The highest BCUT2D eigenvalue weighted by Gasteiger charge is 2.22. The summed E-state index contributed by atoms with van der Waals surface area (Å²) in [4.78, 5) is 16.2. The summed E-state index contributed by atoms with van der Waals surface area (Å²) in [7, 11) is 0. The fourth-order valence-electron chi connectivity index (χ4n) is 2.76. The van der Waals surface area contributed by atoms with Gasteiger partial charge in [-0.2, -0.15) is 0 Å². The highest BCUT2D eigenvalue weighted by molar-refractivity contribution is 6.29. The minimum absolute atomic E-state index is 0.118. The van der Waals surface area contributed by atoms with Gasteiger partial charge in [0, 0.05) is 11.6 Å². The van der Waals surface area contributed by atoms with E-state index in [-0.39, 0.29) is 17.1 Å². The van der Waals surface area contributed by atoms with Gasteiger partial charge >= 0.3 is 0 Å². The van der Waals surface area contributed by atoms with Gasteiger partial charge < -0.3 is 10.7 Å². The lowest BCUT2D eigenvalue weighted by Crippen LogP contribution is -2.38. The molecule has 0 aliphatic heterocycles.